The van der Waals surface area contributed by atoms with Gasteiger partial charge in [-0.25, -0.2) is 8.78 Å². The Labute approximate surface area is 113 Å². The fourth-order valence-corrected chi connectivity index (χ4v) is 2.76. The first-order valence-corrected chi connectivity index (χ1v) is 7.23. The standard InChI is InChI=1S/C15H24F2O2/c1-2-3-4-9-15(16,17)10-8-12-6-5-7-13(12)11-14(18)19/h8,10,12-13H,2-7,9,11H2,1H3,(H,18,19)/b10-8+/t12?,13-/m1/s1. The van der Waals surface area contributed by atoms with Gasteiger partial charge < -0.3 is 5.11 Å². The largest absolute Gasteiger partial charge is 0.481 e. The molecule has 0 aromatic heterocycles. The summed E-state index contributed by atoms with van der Waals surface area (Å²) in [6.07, 6.45) is 7.47. The maximum absolute atomic E-state index is 13.6. The van der Waals surface area contributed by atoms with Gasteiger partial charge in [0.1, 0.15) is 0 Å². The minimum Gasteiger partial charge on any atom is -0.481 e. The predicted molar refractivity (Wildman–Crippen MR) is 71.3 cm³/mol. The van der Waals surface area contributed by atoms with Crippen molar-refractivity contribution in [1.29, 1.82) is 0 Å². The number of alkyl halides is 2. The summed E-state index contributed by atoms with van der Waals surface area (Å²) in [4.78, 5) is 10.7. The zero-order chi connectivity index (χ0) is 14.3. The van der Waals surface area contributed by atoms with E-state index in [0.29, 0.717) is 6.42 Å². The second-order valence-corrected chi connectivity index (χ2v) is 5.53. The highest BCUT2D eigenvalue weighted by Crippen LogP contribution is 2.36. The maximum atomic E-state index is 13.6. The van der Waals surface area contributed by atoms with E-state index in [4.69, 9.17) is 5.11 Å². The number of unbranched alkanes of at least 4 members (excludes halogenated alkanes) is 2. The van der Waals surface area contributed by atoms with Crippen LogP contribution in [0.3, 0.4) is 0 Å². The van der Waals surface area contributed by atoms with Gasteiger partial charge in [-0.2, -0.15) is 0 Å². The van der Waals surface area contributed by atoms with Crippen molar-refractivity contribution in [3.63, 3.8) is 0 Å². The van der Waals surface area contributed by atoms with Gasteiger partial charge in [0.2, 0.25) is 0 Å². The number of carboxylic acids is 1. The Hall–Kier alpha value is -0.930. The van der Waals surface area contributed by atoms with Crippen LogP contribution in [0.4, 0.5) is 8.78 Å². The second kappa shape index (κ2) is 7.61. The lowest BCUT2D eigenvalue weighted by molar-refractivity contribution is -0.138. The molecule has 0 aromatic carbocycles. The molecule has 1 aliphatic carbocycles. The Bertz CT molecular complexity index is 313. The Morgan fingerprint density at radius 3 is 2.74 bits per heavy atom. The molecule has 110 valence electrons. The molecular formula is C15H24F2O2. The summed E-state index contributed by atoms with van der Waals surface area (Å²) in [6.45, 7) is 1.99. The van der Waals surface area contributed by atoms with Crippen molar-refractivity contribution in [3.8, 4) is 0 Å². The zero-order valence-electron chi connectivity index (χ0n) is 11.6. The Kier molecular flexibility index (Phi) is 6.46. The number of carbonyl (C=O) groups is 1. The quantitative estimate of drug-likeness (QED) is 0.516. The third-order valence-electron chi connectivity index (χ3n) is 3.86. The van der Waals surface area contributed by atoms with E-state index < -0.39 is 11.9 Å². The van der Waals surface area contributed by atoms with Gasteiger partial charge in [0.25, 0.3) is 5.92 Å². The number of hydrogen-bond acceptors (Lipinski definition) is 1. The number of carboxylic acid groups (broad SMARTS) is 1. The molecule has 0 aliphatic heterocycles. The molecular weight excluding hydrogens is 250 g/mol. The van der Waals surface area contributed by atoms with Crippen molar-refractivity contribution in [2.45, 2.75) is 64.2 Å². The van der Waals surface area contributed by atoms with Crippen molar-refractivity contribution in [1.82, 2.24) is 0 Å². The van der Waals surface area contributed by atoms with Crippen LogP contribution in [0.25, 0.3) is 0 Å². The monoisotopic (exact) mass is 274 g/mol. The number of hydrogen-bond donors (Lipinski definition) is 1. The van der Waals surface area contributed by atoms with Crippen LogP contribution in [-0.2, 0) is 4.79 Å². The average Bonchev–Trinajstić information content (AvgIpc) is 2.73. The van der Waals surface area contributed by atoms with Gasteiger partial charge in [-0.1, -0.05) is 32.3 Å². The van der Waals surface area contributed by atoms with Crippen LogP contribution in [-0.4, -0.2) is 17.0 Å². The number of halogens is 2. The van der Waals surface area contributed by atoms with E-state index in [0.717, 1.165) is 38.2 Å². The molecule has 19 heavy (non-hydrogen) atoms. The minimum absolute atomic E-state index is 0.00755. The maximum Gasteiger partial charge on any atom is 0.303 e. The highest BCUT2D eigenvalue weighted by atomic mass is 19.3. The van der Waals surface area contributed by atoms with E-state index in [1.165, 1.54) is 0 Å². The number of aliphatic carboxylic acids is 1. The summed E-state index contributed by atoms with van der Waals surface area (Å²) in [7, 11) is 0. The number of rotatable bonds is 8. The van der Waals surface area contributed by atoms with Crippen molar-refractivity contribution < 1.29 is 18.7 Å². The SMILES string of the molecule is CCCCCC(F)(F)/C=C/C1CCC[C@@H]1CC(=O)O. The molecule has 0 saturated heterocycles. The summed E-state index contributed by atoms with van der Waals surface area (Å²) < 4.78 is 27.2. The van der Waals surface area contributed by atoms with Crippen LogP contribution < -0.4 is 0 Å². The van der Waals surface area contributed by atoms with E-state index in [1.807, 2.05) is 6.92 Å². The van der Waals surface area contributed by atoms with E-state index >= 15 is 0 Å². The lowest BCUT2D eigenvalue weighted by atomic mass is 9.92. The van der Waals surface area contributed by atoms with E-state index in [-0.39, 0.29) is 24.7 Å². The van der Waals surface area contributed by atoms with Gasteiger partial charge in [0, 0.05) is 12.8 Å². The van der Waals surface area contributed by atoms with Crippen molar-refractivity contribution in [3.05, 3.63) is 12.2 Å². The van der Waals surface area contributed by atoms with Crippen LogP contribution in [0, 0.1) is 11.8 Å². The van der Waals surface area contributed by atoms with Crippen molar-refractivity contribution >= 4 is 5.97 Å². The second-order valence-electron chi connectivity index (χ2n) is 5.53. The molecule has 0 radical (unpaired) electrons. The first-order chi connectivity index (χ1) is 8.94. The van der Waals surface area contributed by atoms with Crippen LogP contribution in [0.2, 0.25) is 0 Å². The summed E-state index contributed by atoms with van der Waals surface area (Å²) >= 11 is 0. The topological polar surface area (TPSA) is 37.3 Å². The molecule has 1 unspecified atom stereocenters. The zero-order valence-corrected chi connectivity index (χ0v) is 11.6. The fourth-order valence-electron chi connectivity index (χ4n) is 2.76. The molecule has 1 aliphatic rings. The van der Waals surface area contributed by atoms with Crippen LogP contribution in [0.1, 0.15) is 58.3 Å². The van der Waals surface area contributed by atoms with Crippen LogP contribution in [0.15, 0.2) is 12.2 Å². The van der Waals surface area contributed by atoms with Gasteiger partial charge in [-0.05, 0) is 37.2 Å². The van der Waals surface area contributed by atoms with Gasteiger partial charge in [0.05, 0.1) is 0 Å². The summed E-state index contributed by atoms with van der Waals surface area (Å²) in [6, 6.07) is 0. The normalized spacial score (nSPS) is 24.2. The van der Waals surface area contributed by atoms with Crippen LogP contribution in [0.5, 0.6) is 0 Å². The van der Waals surface area contributed by atoms with Crippen molar-refractivity contribution in [2.24, 2.45) is 11.8 Å². The average molecular weight is 274 g/mol. The molecule has 0 amide bonds. The minimum atomic E-state index is -2.74. The number of allylic oxidation sites excluding steroid dienone is 2. The third-order valence-corrected chi connectivity index (χ3v) is 3.86. The van der Waals surface area contributed by atoms with Gasteiger partial charge in [-0.3, -0.25) is 4.79 Å². The molecule has 0 spiro atoms. The van der Waals surface area contributed by atoms with Crippen LogP contribution >= 0.6 is 0 Å². The molecule has 1 saturated carbocycles. The van der Waals surface area contributed by atoms with E-state index in [2.05, 4.69) is 0 Å². The molecule has 4 heteroatoms. The third kappa shape index (κ3) is 6.17. The molecule has 0 bridgehead atoms. The Morgan fingerprint density at radius 2 is 2.11 bits per heavy atom. The Balaban J connectivity index is 2.46. The highest BCUT2D eigenvalue weighted by molar-refractivity contribution is 5.67. The lowest BCUT2D eigenvalue weighted by Gasteiger charge is -2.16. The molecule has 1 N–H and O–H groups in total. The van der Waals surface area contributed by atoms with E-state index in [1.54, 1.807) is 6.08 Å². The van der Waals surface area contributed by atoms with Crippen molar-refractivity contribution in [2.75, 3.05) is 0 Å². The summed E-state index contributed by atoms with van der Waals surface area (Å²) in [5.41, 5.74) is 0. The van der Waals surface area contributed by atoms with E-state index in [9.17, 15) is 13.6 Å². The smallest absolute Gasteiger partial charge is 0.303 e. The fraction of sp³-hybridized carbons (Fsp3) is 0.800. The first kappa shape index (κ1) is 16.1. The molecule has 1 fully saturated rings. The van der Waals surface area contributed by atoms with Gasteiger partial charge in [-0.15, -0.1) is 0 Å². The molecule has 1 rings (SSSR count). The lowest BCUT2D eigenvalue weighted by Crippen LogP contribution is -2.15. The molecule has 2 atom stereocenters. The Morgan fingerprint density at radius 1 is 1.37 bits per heavy atom. The highest BCUT2D eigenvalue weighted by Gasteiger charge is 2.29. The first-order valence-electron chi connectivity index (χ1n) is 7.23. The summed E-state index contributed by atoms with van der Waals surface area (Å²) in [5, 5.41) is 8.79. The van der Waals surface area contributed by atoms with Gasteiger partial charge >= 0.3 is 5.97 Å². The molecule has 0 heterocycles. The predicted octanol–water partition coefficient (Wildman–Crippen LogP) is 4.65. The summed E-state index contributed by atoms with van der Waals surface area (Å²) in [5.74, 6) is -3.54. The molecule has 0 aromatic rings. The molecule has 2 nitrogen and oxygen atoms in total. The van der Waals surface area contributed by atoms with Gasteiger partial charge in [0.15, 0.2) is 0 Å².